The molecule has 6 heteroatoms. The number of amides is 2. The number of carbonyl (C=O) groups excluding carboxylic acids is 1. The molecule has 2 saturated heterocycles. The first-order valence-electron chi connectivity index (χ1n) is 10.3. The van der Waals surface area contributed by atoms with Crippen LogP contribution < -0.4 is 15.0 Å². The fourth-order valence-corrected chi connectivity index (χ4v) is 5.03. The molecule has 2 fully saturated rings. The Morgan fingerprint density at radius 2 is 1.93 bits per heavy atom. The minimum absolute atomic E-state index is 0.00690. The molecule has 0 spiro atoms. The van der Waals surface area contributed by atoms with Crippen LogP contribution in [0.4, 0.5) is 10.5 Å². The molecule has 2 aliphatic heterocycles. The molecule has 0 aliphatic carbocycles. The smallest absolute Gasteiger partial charge is 0.318 e. The summed E-state index contributed by atoms with van der Waals surface area (Å²) < 4.78 is 5.35. The lowest BCUT2D eigenvalue weighted by Gasteiger charge is -2.28. The van der Waals surface area contributed by atoms with E-state index in [1.165, 1.54) is 17.2 Å². The van der Waals surface area contributed by atoms with E-state index in [9.17, 15) is 4.79 Å². The van der Waals surface area contributed by atoms with Crippen molar-refractivity contribution in [3.8, 4) is 5.75 Å². The predicted molar refractivity (Wildman–Crippen MR) is 120 cm³/mol. The highest BCUT2D eigenvalue weighted by Gasteiger charge is 2.30. The summed E-state index contributed by atoms with van der Waals surface area (Å²) in [5.41, 5.74) is 3.55. The average Bonchev–Trinajstić information content (AvgIpc) is 3.29. The molecular weight excluding hydrogens is 382 g/mol. The van der Waals surface area contributed by atoms with E-state index in [-0.39, 0.29) is 12.1 Å². The van der Waals surface area contributed by atoms with Crippen LogP contribution in [-0.2, 0) is 6.54 Å². The van der Waals surface area contributed by atoms with E-state index in [0.717, 1.165) is 49.4 Å². The number of anilines is 1. The van der Waals surface area contributed by atoms with Gasteiger partial charge in [0.15, 0.2) is 0 Å². The number of hydrogen-bond donors (Lipinski definition) is 1. The molecule has 1 atom stereocenters. The van der Waals surface area contributed by atoms with Gasteiger partial charge in [-0.25, -0.2) is 4.79 Å². The first-order valence-corrected chi connectivity index (χ1v) is 11.5. The van der Waals surface area contributed by atoms with Gasteiger partial charge in [0.25, 0.3) is 0 Å². The Hall–Kier alpha value is -2.34. The van der Waals surface area contributed by atoms with Gasteiger partial charge < -0.3 is 19.9 Å². The van der Waals surface area contributed by atoms with Crippen molar-refractivity contribution in [2.24, 2.45) is 0 Å². The normalized spacial score (nSPS) is 19.3. The topological polar surface area (TPSA) is 44.8 Å². The van der Waals surface area contributed by atoms with E-state index in [0.29, 0.717) is 6.54 Å². The SMILES string of the molecule is COc1cccc(C2CCCN2C(=O)NCc2ccc(N3CCSCC3)cc2)c1. The predicted octanol–water partition coefficient (Wildman–Crippen LogP) is 4.30. The number of ether oxygens (including phenoxy) is 1. The van der Waals surface area contributed by atoms with E-state index in [1.807, 2.05) is 34.9 Å². The number of nitrogens with one attached hydrogen (secondary N) is 1. The summed E-state index contributed by atoms with van der Waals surface area (Å²) in [4.78, 5) is 17.2. The van der Waals surface area contributed by atoms with Crippen LogP contribution in [-0.4, -0.2) is 49.2 Å². The minimum Gasteiger partial charge on any atom is -0.497 e. The van der Waals surface area contributed by atoms with Crippen LogP contribution >= 0.6 is 11.8 Å². The summed E-state index contributed by atoms with van der Waals surface area (Å²) in [6, 6.07) is 16.8. The minimum atomic E-state index is 0.00690. The van der Waals surface area contributed by atoms with Crippen LogP contribution in [0.1, 0.15) is 30.0 Å². The van der Waals surface area contributed by atoms with Crippen molar-refractivity contribution < 1.29 is 9.53 Å². The summed E-state index contributed by atoms with van der Waals surface area (Å²) in [5.74, 6) is 3.23. The second-order valence-corrected chi connectivity index (χ2v) is 8.78. The van der Waals surface area contributed by atoms with Crippen molar-refractivity contribution in [2.45, 2.75) is 25.4 Å². The Morgan fingerprint density at radius 3 is 2.69 bits per heavy atom. The molecule has 0 saturated carbocycles. The van der Waals surface area contributed by atoms with Gasteiger partial charge in [-0.1, -0.05) is 24.3 Å². The molecule has 1 N–H and O–H groups in total. The molecule has 2 amide bonds. The number of thioether (sulfide) groups is 1. The van der Waals surface area contributed by atoms with Crippen molar-refractivity contribution in [3.63, 3.8) is 0 Å². The standard InChI is InChI=1S/C23H29N3O2S/c1-28-21-5-2-4-19(16-21)22-6-3-11-26(22)23(27)24-17-18-7-9-20(10-8-18)25-12-14-29-15-13-25/h2,4-5,7-10,16,22H,3,6,11-15,17H2,1H3,(H,24,27). The van der Waals surface area contributed by atoms with Crippen LogP contribution in [0.5, 0.6) is 5.75 Å². The fraction of sp³-hybridized carbons (Fsp3) is 0.435. The molecular formula is C23H29N3O2S. The van der Waals surface area contributed by atoms with Gasteiger partial charge in [0.05, 0.1) is 13.2 Å². The molecule has 2 aromatic rings. The van der Waals surface area contributed by atoms with Crippen LogP contribution in [0.3, 0.4) is 0 Å². The Morgan fingerprint density at radius 1 is 1.14 bits per heavy atom. The highest BCUT2D eigenvalue weighted by Crippen LogP contribution is 2.33. The molecule has 154 valence electrons. The maximum Gasteiger partial charge on any atom is 0.318 e. The van der Waals surface area contributed by atoms with Gasteiger partial charge in [-0.2, -0.15) is 11.8 Å². The molecule has 5 nitrogen and oxygen atoms in total. The van der Waals surface area contributed by atoms with Gasteiger partial charge in [0.1, 0.15) is 5.75 Å². The third-order valence-electron chi connectivity index (χ3n) is 5.75. The molecule has 1 unspecified atom stereocenters. The molecule has 2 aliphatic rings. The lowest BCUT2D eigenvalue weighted by atomic mass is 10.0. The molecule has 0 aromatic heterocycles. The summed E-state index contributed by atoms with van der Waals surface area (Å²) >= 11 is 2.02. The van der Waals surface area contributed by atoms with Crippen molar-refractivity contribution in [1.82, 2.24) is 10.2 Å². The monoisotopic (exact) mass is 411 g/mol. The molecule has 4 rings (SSSR count). The average molecular weight is 412 g/mol. The second kappa shape index (κ2) is 9.44. The Kier molecular flexibility index (Phi) is 6.49. The summed E-state index contributed by atoms with van der Waals surface area (Å²) in [6.45, 7) is 3.57. The third kappa shape index (κ3) is 4.81. The van der Waals surface area contributed by atoms with Gasteiger partial charge in [-0.05, 0) is 48.2 Å². The lowest BCUT2D eigenvalue weighted by molar-refractivity contribution is 0.192. The number of benzene rings is 2. The largest absolute Gasteiger partial charge is 0.497 e. The van der Waals surface area contributed by atoms with E-state index < -0.39 is 0 Å². The maximum atomic E-state index is 12.8. The number of carbonyl (C=O) groups is 1. The van der Waals surface area contributed by atoms with Crippen molar-refractivity contribution in [1.29, 1.82) is 0 Å². The van der Waals surface area contributed by atoms with Crippen LogP contribution in [0.15, 0.2) is 48.5 Å². The van der Waals surface area contributed by atoms with Crippen LogP contribution in [0.2, 0.25) is 0 Å². The number of urea groups is 1. The third-order valence-corrected chi connectivity index (χ3v) is 6.69. The molecule has 0 bridgehead atoms. The Labute approximate surface area is 177 Å². The zero-order valence-electron chi connectivity index (χ0n) is 17.0. The number of likely N-dealkylation sites (tertiary alicyclic amines) is 1. The number of rotatable bonds is 5. The number of methoxy groups -OCH3 is 1. The lowest BCUT2D eigenvalue weighted by Crippen LogP contribution is -2.39. The molecule has 29 heavy (non-hydrogen) atoms. The first-order chi connectivity index (χ1) is 14.2. The summed E-state index contributed by atoms with van der Waals surface area (Å²) in [6.07, 6.45) is 2.02. The highest BCUT2D eigenvalue weighted by atomic mass is 32.2. The number of hydrogen-bond acceptors (Lipinski definition) is 4. The summed E-state index contributed by atoms with van der Waals surface area (Å²) in [5, 5.41) is 3.11. The van der Waals surface area contributed by atoms with E-state index in [4.69, 9.17) is 4.74 Å². The zero-order chi connectivity index (χ0) is 20.1. The maximum absolute atomic E-state index is 12.8. The van der Waals surface area contributed by atoms with Crippen LogP contribution in [0.25, 0.3) is 0 Å². The van der Waals surface area contributed by atoms with E-state index in [2.05, 4.69) is 40.5 Å². The molecule has 0 radical (unpaired) electrons. The zero-order valence-corrected chi connectivity index (χ0v) is 17.8. The molecule has 2 heterocycles. The van der Waals surface area contributed by atoms with Crippen molar-refractivity contribution in [3.05, 3.63) is 59.7 Å². The summed E-state index contributed by atoms with van der Waals surface area (Å²) in [7, 11) is 1.67. The second-order valence-electron chi connectivity index (χ2n) is 7.55. The van der Waals surface area contributed by atoms with Gasteiger partial charge >= 0.3 is 6.03 Å². The Balaban J connectivity index is 1.35. The van der Waals surface area contributed by atoms with Gasteiger partial charge in [-0.15, -0.1) is 0 Å². The Bertz CT molecular complexity index is 821. The highest BCUT2D eigenvalue weighted by molar-refractivity contribution is 7.99. The van der Waals surface area contributed by atoms with Gasteiger partial charge in [0, 0.05) is 43.4 Å². The quantitative estimate of drug-likeness (QED) is 0.797. The van der Waals surface area contributed by atoms with E-state index >= 15 is 0 Å². The van der Waals surface area contributed by atoms with Gasteiger partial charge in [0.2, 0.25) is 0 Å². The van der Waals surface area contributed by atoms with Crippen molar-refractivity contribution >= 4 is 23.5 Å². The first kappa shape index (κ1) is 20.0. The molecule has 2 aromatic carbocycles. The number of nitrogens with zero attached hydrogens (tertiary/aromatic N) is 2. The fourth-order valence-electron chi connectivity index (χ4n) is 4.13. The van der Waals surface area contributed by atoms with Crippen molar-refractivity contribution in [2.75, 3.05) is 43.1 Å². The van der Waals surface area contributed by atoms with Gasteiger partial charge in [-0.3, -0.25) is 0 Å². The van der Waals surface area contributed by atoms with E-state index in [1.54, 1.807) is 7.11 Å². The van der Waals surface area contributed by atoms with Crippen LogP contribution in [0, 0.1) is 0 Å².